The summed E-state index contributed by atoms with van der Waals surface area (Å²) in [5.41, 5.74) is 1.38. The van der Waals surface area contributed by atoms with Crippen molar-refractivity contribution in [3.63, 3.8) is 0 Å². The Morgan fingerprint density at radius 2 is 2.00 bits per heavy atom. The Morgan fingerprint density at radius 3 is 2.47 bits per heavy atom. The van der Waals surface area contributed by atoms with Crippen LogP contribution < -0.4 is 5.30 Å². The van der Waals surface area contributed by atoms with E-state index in [-0.39, 0.29) is 5.66 Å². The van der Waals surface area contributed by atoms with E-state index in [1.807, 2.05) is 44.8 Å². The van der Waals surface area contributed by atoms with Gasteiger partial charge in [0.15, 0.2) is 0 Å². The molecule has 0 radical (unpaired) electrons. The van der Waals surface area contributed by atoms with E-state index < -0.39 is 7.14 Å². The van der Waals surface area contributed by atoms with Crippen LogP contribution in [0.2, 0.25) is 0 Å². The SMILES string of the molecule is CC(C)P(C)(=O)c1ccc(C2BOOC2)cc1. The van der Waals surface area contributed by atoms with E-state index in [2.05, 4.69) is 0 Å². The third-order valence-corrected chi connectivity index (χ3v) is 6.78. The first-order chi connectivity index (χ1) is 8.01. The Balaban J connectivity index is 2.21. The van der Waals surface area contributed by atoms with Gasteiger partial charge in [-0.25, -0.2) is 0 Å². The van der Waals surface area contributed by atoms with Crippen molar-refractivity contribution in [1.82, 2.24) is 0 Å². The molecular formula is C12H18BO3P. The highest BCUT2D eigenvalue weighted by Crippen LogP contribution is 2.45. The Morgan fingerprint density at radius 1 is 1.35 bits per heavy atom. The summed E-state index contributed by atoms with van der Waals surface area (Å²) >= 11 is 0. The van der Waals surface area contributed by atoms with Crippen molar-refractivity contribution in [3.05, 3.63) is 29.8 Å². The van der Waals surface area contributed by atoms with Crippen molar-refractivity contribution >= 4 is 19.9 Å². The van der Waals surface area contributed by atoms with Gasteiger partial charge in [0, 0.05) is 16.8 Å². The molecule has 0 N–H and O–H groups in total. The molecule has 1 aliphatic rings. The average molecular weight is 252 g/mol. The molecule has 0 bridgehead atoms. The summed E-state index contributed by atoms with van der Waals surface area (Å²) in [5, 5.41) is 0.955. The molecule has 1 aliphatic heterocycles. The summed E-state index contributed by atoms with van der Waals surface area (Å²) < 4.78 is 12.5. The zero-order valence-corrected chi connectivity index (χ0v) is 11.4. The van der Waals surface area contributed by atoms with E-state index in [0.29, 0.717) is 19.9 Å². The minimum atomic E-state index is -2.23. The second kappa shape index (κ2) is 4.97. The maximum absolute atomic E-state index is 12.5. The summed E-state index contributed by atoms with van der Waals surface area (Å²) in [6, 6.07) is 8.04. The molecule has 0 aromatic heterocycles. The van der Waals surface area contributed by atoms with E-state index >= 15 is 0 Å². The van der Waals surface area contributed by atoms with Crippen LogP contribution in [-0.4, -0.2) is 26.4 Å². The standard InChI is InChI=1S/C12H18BO3P/c1-9(2)17(3,14)11-6-4-10(5-7-11)12-8-15-16-13-12/h4-7,9,12-13H,8H2,1-3H3. The lowest BCUT2D eigenvalue weighted by molar-refractivity contribution is -0.183. The molecule has 1 saturated heterocycles. The molecule has 2 unspecified atom stereocenters. The average Bonchev–Trinajstić information content (AvgIpc) is 2.82. The molecule has 5 heteroatoms. The Labute approximate surface area is 103 Å². The maximum atomic E-state index is 12.5. The molecule has 1 heterocycles. The monoisotopic (exact) mass is 252 g/mol. The Kier molecular flexibility index (Phi) is 3.77. The van der Waals surface area contributed by atoms with Crippen LogP contribution in [0.1, 0.15) is 25.2 Å². The van der Waals surface area contributed by atoms with Crippen LogP contribution in [0.3, 0.4) is 0 Å². The van der Waals surface area contributed by atoms with E-state index in [9.17, 15) is 4.57 Å². The number of benzene rings is 1. The molecule has 3 nitrogen and oxygen atoms in total. The molecule has 0 spiro atoms. The van der Waals surface area contributed by atoms with Gasteiger partial charge >= 0.3 is 7.48 Å². The van der Waals surface area contributed by atoms with Crippen LogP contribution >= 0.6 is 7.14 Å². The van der Waals surface area contributed by atoms with E-state index in [4.69, 9.17) is 9.69 Å². The van der Waals surface area contributed by atoms with Gasteiger partial charge in [0.25, 0.3) is 0 Å². The zero-order chi connectivity index (χ0) is 12.5. The minimum absolute atomic E-state index is 0.187. The highest BCUT2D eigenvalue weighted by molar-refractivity contribution is 7.71. The van der Waals surface area contributed by atoms with Gasteiger partial charge in [-0.3, -0.25) is 4.89 Å². The van der Waals surface area contributed by atoms with E-state index in [0.717, 1.165) is 5.30 Å². The molecule has 17 heavy (non-hydrogen) atoms. The molecule has 92 valence electrons. The third-order valence-electron chi connectivity index (χ3n) is 3.48. The third kappa shape index (κ3) is 2.65. The van der Waals surface area contributed by atoms with Gasteiger partial charge < -0.3 is 9.37 Å². The first-order valence-electron chi connectivity index (χ1n) is 5.94. The van der Waals surface area contributed by atoms with Crippen molar-refractivity contribution in [3.8, 4) is 0 Å². The van der Waals surface area contributed by atoms with Crippen molar-refractivity contribution in [1.29, 1.82) is 0 Å². The molecular weight excluding hydrogens is 234 g/mol. The fraction of sp³-hybridized carbons (Fsp3) is 0.500. The van der Waals surface area contributed by atoms with E-state index in [1.165, 1.54) is 5.56 Å². The van der Waals surface area contributed by atoms with Crippen molar-refractivity contribution in [2.24, 2.45) is 0 Å². The van der Waals surface area contributed by atoms with Gasteiger partial charge in [-0.15, -0.1) is 0 Å². The molecule has 1 aromatic rings. The number of rotatable bonds is 3. The lowest BCUT2D eigenvalue weighted by atomic mass is 9.77. The summed E-state index contributed by atoms with van der Waals surface area (Å²) in [7, 11) is -1.63. The van der Waals surface area contributed by atoms with Gasteiger partial charge in [0.2, 0.25) is 0 Å². The zero-order valence-electron chi connectivity index (χ0n) is 10.6. The molecule has 0 aliphatic carbocycles. The summed E-state index contributed by atoms with van der Waals surface area (Å²) in [5.74, 6) is 0.305. The van der Waals surface area contributed by atoms with Crippen molar-refractivity contribution in [2.45, 2.75) is 25.3 Å². The minimum Gasteiger partial charge on any atom is -0.319 e. The predicted octanol–water partition coefficient (Wildman–Crippen LogP) is 2.07. The molecule has 0 amide bonds. The Hall–Kier alpha value is -0.565. The van der Waals surface area contributed by atoms with Gasteiger partial charge in [-0.1, -0.05) is 38.1 Å². The number of hydrogen-bond donors (Lipinski definition) is 0. The fourth-order valence-corrected chi connectivity index (χ4v) is 3.18. The molecule has 0 saturated carbocycles. The van der Waals surface area contributed by atoms with Gasteiger partial charge in [0.05, 0.1) is 6.61 Å². The molecule has 1 aromatic carbocycles. The maximum Gasteiger partial charge on any atom is 0.333 e. The van der Waals surface area contributed by atoms with Crippen LogP contribution in [0.4, 0.5) is 0 Å². The second-order valence-electron chi connectivity index (χ2n) is 4.94. The topological polar surface area (TPSA) is 35.5 Å². The predicted molar refractivity (Wildman–Crippen MR) is 71.7 cm³/mol. The van der Waals surface area contributed by atoms with Crippen LogP contribution in [0, 0.1) is 0 Å². The summed E-state index contributed by atoms with van der Waals surface area (Å²) in [4.78, 5) is 9.78. The largest absolute Gasteiger partial charge is 0.333 e. The van der Waals surface area contributed by atoms with Gasteiger partial charge in [-0.05, 0) is 12.2 Å². The second-order valence-corrected chi connectivity index (χ2v) is 8.47. The molecule has 2 rings (SSSR count). The van der Waals surface area contributed by atoms with Crippen molar-refractivity contribution < 1.29 is 14.3 Å². The summed E-state index contributed by atoms with van der Waals surface area (Å²) in [6.45, 7) is 6.47. The lowest BCUT2D eigenvalue weighted by Gasteiger charge is -2.18. The van der Waals surface area contributed by atoms with Crippen LogP contribution in [0.25, 0.3) is 0 Å². The van der Waals surface area contributed by atoms with Gasteiger partial charge in [0.1, 0.15) is 7.14 Å². The van der Waals surface area contributed by atoms with Crippen LogP contribution in [0.15, 0.2) is 24.3 Å². The summed E-state index contributed by atoms with van der Waals surface area (Å²) in [6.07, 6.45) is 0. The van der Waals surface area contributed by atoms with Crippen LogP contribution in [0.5, 0.6) is 0 Å². The van der Waals surface area contributed by atoms with Crippen molar-refractivity contribution in [2.75, 3.05) is 13.3 Å². The highest BCUT2D eigenvalue weighted by Gasteiger charge is 2.25. The molecule has 2 atom stereocenters. The lowest BCUT2D eigenvalue weighted by Crippen LogP contribution is -2.12. The first kappa shape index (κ1) is 12.9. The highest BCUT2D eigenvalue weighted by atomic mass is 31.2. The number of hydrogen-bond acceptors (Lipinski definition) is 3. The molecule has 1 fully saturated rings. The normalized spacial score (nSPS) is 23.4. The first-order valence-corrected chi connectivity index (χ1v) is 8.16. The van der Waals surface area contributed by atoms with Gasteiger partial charge in [-0.2, -0.15) is 0 Å². The fourth-order valence-electron chi connectivity index (χ4n) is 1.84. The van der Waals surface area contributed by atoms with Crippen LogP contribution in [-0.2, 0) is 14.3 Å². The Bertz CT molecular complexity index is 424. The smallest absolute Gasteiger partial charge is 0.319 e. The quantitative estimate of drug-likeness (QED) is 0.469. The van der Waals surface area contributed by atoms with E-state index in [1.54, 1.807) is 0 Å².